The molecule has 4 nitrogen and oxygen atoms in total. The molecular formula is C11H14F3N3O. The van der Waals surface area contributed by atoms with Gasteiger partial charge in [-0.2, -0.15) is 13.2 Å². The SMILES string of the molecule is CNCCNC(=O)c1ccc(C(F)(F)F)nc1C. The van der Waals surface area contributed by atoms with Crippen LogP contribution in [0.1, 0.15) is 21.7 Å². The Hall–Kier alpha value is -1.63. The third-order valence-electron chi connectivity index (χ3n) is 2.28. The summed E-state index contributed by atoms with van der Waals surface area (Å²) in [6.07, 6.45) is -4.49. The summed E-state index contributed by atoms with van der Waals surface area (Å²) in [5.74, 6) is -0.427. The third-order valence-corrected chi connectivity index (χ3v) is 2.28. The number of amides is 1. The first-order valence-electron chi connectivity index (χ1n) is 5.34. The Kier molecular flexibility index (Phi) is 4.66. The van der Waals surface area contributed by atoms with E-state index in [2.05, 4.69) is 15.6 Å². The molecule has 1 aromatic heterocycles. The second kappa shape index (κ2) is 5.81. The van der Waals surface area contributed by atoms with Gasteiger partial charge in [-0.25, -0.2) is 4.98 Å². The molecule has 0 aliphatic rings. The van der Waals surface area contributed by atoms with E-state index in [0.29, 0.717) is 13.1 Å². The van der Waals surface area contributed by atoms with Crippen LogP contribution < -0.4 is 10.6 Å². The molecule has 0 fully saturated rings. The standard InChI is InChI=1S/C11H14F3N3O/c1-7-8(10(18)16-6-5-15-2)3-4-9(17-7)11(12,13)14/h3-4,15H,5-6H2,1-2H3,(H,16,18). The number of pyridine rings is 1. The highest BCUT2D eigenvalue weighted by Crippen LogP contribution is 2.28. The van der Waals surface area contributed by atoms with E-state index in [1.807, 2.05) is 0 Å². The van der Waals surface area contributed by atoms with Crippen molar-refractivity contribution < 1.29 is 18.0 Å². The van der Waals surface area contributed by atoms with E-state index in [1.54, 1.807) is 7.05 Å². The average molecular weight is 261 g/mol. The summed E-state index contributed by atoms with van der Waals surface area (Å²) in [6, 6.07) is 1.94. The van der Waals surface area contributed by atoms with Gasteiger partial charge >= 0.3 is 6.18 Å². The Morgan fingerprint density at radius 3 is 2.50 bits per heavy atom. The van der Waals surface area contributed by atoms with Crippen molar-refractivity contribution in [1.82, 2.24) is 15.6 Å². The predicted molar refractivity (Wildman–Crippen MR) is 60.2 cm³/mol. The molecule has 0 radical (unpaired) electrons. The van der Waals surface area contributed by atoms with E-state index < -0.39 is 17.8 Å². The second-order valence-corrected chi connectivity index (χ2v) is 3.69. The van der Waals surface area contributed by atoms with Gasteiger partial charge in [0.1, 0.15) is 5.69 Å². The van der Waals surface area contributed by atoms with Crippen LogP contribution in [0.3, 0.4) is 0 Å². The fourth-order valence-corrected chi connectivity index (χ4v) is 1.36. The number of nitrogens with one attached hydrogen (secondary N) is 2. The van der Waals surface area contributed by atoms with E-state index in [0.717, 1.165) is 12.1 Å². The summed E-state index contributed by atoms with van der Waals surface area (Å²) in [4.78, 5) is 15.0. The molecule has 1 heterocycles. The molecule has 0 saturated heterocycles. The first-order valence-corrected chi connectivity index (χ1v) is 5.34. The summed E-state index contributed by atoms with van der Waals surface area (Å²) in [7, 11) is 1.73. The van der Waals surface area contributed by atoms with E-state index in [4.69, 9.17) is 0 Å². The van der Waals surface area contributed by atoms with Crippen molar-refractivity contribution in [2.24, 2.45) is 0 Å². The van der Waals surface area contributed by atoms with Crippen molar-refractivity contribution in [3.8, 4) is 0 Å². The number of nitrogens with zero attached hydrogens (tertiary/aromatic N) is 1. The van der Waals surface area contributed by atoms with Gasteiger partial charge in [0.2, 0.25) is 0 Å². The molecule has 100 valence electrons. The topological polar surface area (TPSA) is 54.0 Å². The lowest BCUT2D eigenvalue weighted by Crippen LogP contribution is -2.31. The Morgan fingerprint density at radius 1 is 1.33 bits per heavy atom. The zero-order chi connectivity index (χ0) is 13.8. The minimum Gasteiger partial charge on any atom is -0.351 e. The maximum atomic E-state index is 12.4. The smallest absolute Gasteiger partial charge is 0.351 e. The van der Waals surface area contributed by atoms with Gasteiger partial charge in [0.25, 0.3) is 5.91 Å². The minimum atomic E-state index is -4.49. The van der Waals surface area contributed by atoms with Gasteiger partial charge < -0.3 is 10.6 Å². The van der Waals surface area contributed by atoms with Gasteiger partial charge in [0, 0.05) is 13.1 Å². The van der Waals surface area contributed by atoms with Crippen LogP contribution in [-0.2, 0) is 6.18 Å². The number of likely N-dealkylation sites (N-methyl/N-ethyl adjacent to an activating group) is 1. The molecule has 1 aromatic rings. The molecule has 1 rings (SSSR count). The molecule has 1 amide bonds. The summed E-state index contributed by atoms with van der Waals surface area (Å²) in [6.45, 7) is 2.36. The van der Waals surface area contributed by atoms with Crippen LogP contribution >= 0.6 is 0 Å². The van der Waals surface area contributed by atoms with E-state index in [1.165, 1.54) is 6.92 Å². The molecule has 0 aliphatic heterocycles. The third kappa shape index (κ3) is 3.69. The summed E-state index contributed by atoms with van der Waals surface area (Å²) in [5.41, 5.74) is -0.780. The first-order chi connectivity index (χ1) is 8.36. The van der Waals surface area contributed by atoms with Crippen molar-refractivity contribution in [2.75, 3.05) is 20.1 Å². The highest BCUT2D eigenvalue weighted by Gasteiger charge is 2.32. The van der Waals surface area contributed by atoms with Gasteiger partial charge in [-0.1, -0.05) is 0 Å². The van der Waals surface area contributed by atoms with Crippen LogP contribution in [0.25, 0.3) is 0 Å². The number of aryl methyl sites for hydroxylation is 1. The molecule has 0 spiro atoms. The molecule has 0 aromatic carbocycles. The zero-order valence-electron chi connectivity index (χ0n) is 10.1. The fraction of sp³-hybridized carbons (Fsp3) is 0.455. The Labute approximate surface area is 103 Å². The van der Waals surface area contributed by atoms with Crippen molar-refractivity contribution in [3.63, 3.8) is 0 Å². The summed E-state index contributed by atoms with van der Waals surface area (Å²) >= 11 is 0. The van der Waals surface area contributed by atoms with Crippen LogP contribution in [0.2, 0.25) is 0 Å². The lowest BCUT2D eigenvalue weighted by molar-refractivity contribution is -0.141. The first kappa shape index (κ1) is 14.4. The number of aromatic nitrogens is 1. The maximum absolute atomic E-state index is 12.4. The second-order valence-electron chi connectivity index (χ2n) is 3.69. The molecular weight excluding hydrogens is 247 g/mol. The summed E-state index contributed by atoms with van der Waals surface area (Å²) in [5, 5.41) is 5.42. The predicted octanol–water partition coefficient (Wildman–Crippen LogP) is 1.36. The molecule has 18 heavy (non-hydrogen) atoms. The lowest BCUT2D eigenvalue weighted by Gasteiger charge is -2.10. The van der Waals surface area contributed by atoms with Crippen LogP contribution in [0, 0.1) is 6.92 Å². The number of carbonyl (C=O) groups is 1. The highest BCUT2D eigenvalue weighted by molar-refractivity contribution is 5.95. The molecule has 0 atom stereocenters. The average Bonchev–Trinajstić information content (AvgIpc) is 2.27. The zero-order valence-corrected chi connectivity index (χ0v) is 10.1. The quantitative estimate of drug-likeness (QED) is 0.805. The normalized spacial score (nSPS) is 11.4. The Morgan fingerprint density at radius 2 is 2.00 bits per heavy atom. The van der Waals surface area contributed by atoms with Gasteiger partial charge in [-0.05, 0) is 26.1 Å². The number of rotatable bonds is 4. The lowest BCUT2D eigenvalue weighted by atomic mass is 10.1. The van der Waals surface area contributed by atoms with Gasteiger partial charge in [0.05, 0.1) is 11.3 Å². The van der Waals surface area contributed by atoms with Crippen LogP contribution in [0.5, 0.6) is 0 Å². The number of alkyl halides is 3. The van der Waals surface area contributed by atoms with Crippen molar-refractivity contribution in [3.05, 3.63) is 29.1 Å². The van der Waals surface area contributed by atoms with Crippen LogP contribution in [0.15, 0.2) is 12.1 Å². The number of halogens is 3. The largest absolute Gasteiger partial charge is 0.433 e. The molecule has 0 aliphatic carbocycles. The van der Waals surface area contributed by atoms with Crippen LogP contribution in [-0.4, -0.2) is 31.0 Å². The van der Waals surface area contributed by atoms with E-state index >= 15 is 0 Å². The molecule has 2 N–H and O–H groups in total. The van der Waals surface area contributed by atoms with Crippen molar-refractivity contribution in [1.29, 1.82) is 0 Å². The fourth-order valence-electron chi connectivity index (χ4n) is 1.36. The van der Waals surface area contributed by atoms with Crippen molar-refractivity contribution >= 4 is 5.91 Å². The number of carbonyl (C=O) groups excluding carboxylic acids is 1. The van der Waals surface area contributed by atoms with Gasteiger partial charge in [-0.15, -0.1) is 0 Å². The monoisotopic (exact) mass is 261 g/mol. The molecule has 0 bridgehead atoms. The Bertz CT molecular complexity index is 432. The van der Waals surface area contributed by atoms with Crippen molar-refractivity contribution in [2.45, 2.75) is 13.1 Å². The van der Waals surface area contributed by atoms with Gasteiger partial charge in [-0.3, -0.25) is 4.79 Å². The molecule has 0 saturated carbocycles. The van der Waals surface area contributed by atoms with Gasteiger partial charge in [0.15, 0.2) is 0 Å². The Balaban J connectivity index is 2.82. The van der Waals surface area contributed by atoms with E-state index in [9.17, 15) is 18.0 Å². The summed E-state index contributed by atoms with van der Waals surface area (Å²) < 4.78 is 37.1. The van der Waals surface area contributed by atoms with E-state index in [-0.39, 0.29) is 11.3 Å². The molecule has 7 heteroatoms. The number of hydrogen-bond acceptors (Lipinski definition) is 3. The number of hydrogen-bond donors (Lipinski definition) is 2. The van der Waals surface area contributed by atoms with Crippen LogP contribution in [0.4, 0.5) is 13.2 Å². The maximum Gasteiger partial charge on any atom is 0.433 e. The minimum absolute atomic E-state index is 0.0618. The highest BCUT2D eigenvalue weighted by atomic mass is 19.4. The molecule has 0 unspecified atom stereocenters.